The van der Waals surface area contributed by atoms with Crippen molar-refractivity contribution >= 4 is 34.6 Å². The van der Waals surface area contributed by atoms with Gasteiger partial charge in [0.15, 0.2) is 5.60 Å². The number of anilines is 3. The zero-order chi connectivity index (χ0) is 40.4. The summed E-state index contributed by atoms with van der Waals surface area (Å²) in [7, 11) is 0. The molecule has 3 aliphatic heterocycles. The smallest absolute Gasteiger partial charge is 0.269 e. The summed E-state index contributed by atoms with van der Waals surface area (Å²) in [6.45, 7) is 3.98. The van der Waals surface area contributed by atoms with Gasteiger partial charge in [0.25, 0.3) is 17.5 Å². The number of piperidine rings is 1. The Kier molecular flexibility index (Phi) is 10.6. The summed E-state index contributed by atoms with van der Waals surface area (Å²) in [6.07, 6.45) is 7.24. The molecule has 0 bridgehead atoms. The predicted molar refractivity (Wildman–Crippen MR) is 219 cm³/mol. The maximum absolute atomic E-state index is 14.4. The summed E-state index contributed by atoms with van der Waals surface area (Å²) < 4.78 is 1.68. The van der Waals surface area contributed by atoms with Gasteiger partial charge in [-0.3, -0.25) is 29.3 Å². The Hall–Kier alpha value is -6.22. The van der Waals surface area contributed by atoms with E-state index in [1.54, 1.807) is 23.9 Å². The van der Waals surface area contributed by atoms with Crippen molar-refractivity contribution < 1.29 is 24.7 Å². The molecule has 2 saturated heterocycles. The van der Waals surface area contributed by atoms with Gasteiger partial charge in [-0.25, -0.2) is 0 Å². The number of hydrogen-bond acceptors (Lipinski definition) is 10. The van der Waals surface area contributed by atoms with E-state index in [9.17, 15) is 29.9 Å². The van der Waals surface area contributed by atoms with E-state index < -0.39 is 27.9 Å². The number of nitrogens with one attached hydrogen (secondary N) is 1. The largest absolute Gasteiger partial charge is 0.395 e. The van der Waals surface area contributed by atoms with Crippen LogP contribution < -0.4 is 20.0 Å². The molecule has 1 unspecified atom stereocenters. The van der Waals surface area contributed by atoms with E-state index in [0.29, 0.717) is 49.5 Å². The van der Waals surface area contributed by atoms with Gasteiger partial charge in [-0.05, 0) is 73.8 Å². The molecule has 8 rings (SSSR count). The maximum Gasteiger partial charge on any atom is 0.269 e. The van der Waals surface area contributed by atoms with Crippen molar-refractivity contribution in [1.29, 1.82) is 0 Å². The number of aromatic nitrogens is 3. The van der Waals surface area contributed by atoms with Gasteiger partial charge in [-0.1, -0.05) is 85.0 Å². The van der Waals surface area contributed by atoms with E-state index in [2.05, 4.69) is 20.5 Å². The van der Waals surface area contributed by atoms with E-state index in [0.717, 1.165) is 29.9 Å². The lowest BCUT2D eigenvalue weighted by Crippen LogP contribution is -2.55. The number of amides is 2. The first-order valence-electron chi connectivity index (χ1n) is 19.6. The molecule has 0 radical (unpaired) electrons. The Morgan fingerprint density at radius 2 is 1.66 bits per heavy atom. The number of fused-ring (bicyclic) bond motifs is 1. The highest BCUT2D eigenvalue weighted by Gasteiger charge is 2.54. The Morgan fingerprint density at radius 1 is 0.931 bits per heavy atom. The Balaban J connectivity index is 1.01. The Labute approximate surface area is 336 Å². The highest BCUT2D eigenvalue weighted by molar-refractivity contribution is 6.08. The van der Waals surface area contributed by atoms with Crippen molar-refractivity contribution in [3.8, 4) is 0 Å². The van der Waals surface area contributed by atoms with Gasteiger partial charge in [0, 0.05) is 47.7 Å². The zero-order valence-corrected chi connectivity index (χ0v) is 32.2. The quantitative estimate of drug-likeness (QED) is 0.0814. The second kappa shape index (κ2) is 16.0. The number of para-hydroxylation sites is 1. The normalized spacial score (nSPS) is 19.9. The second-order valence-corrected chi connectivity index (χ2v) is 15.3. The van der Waals surface area contributed by atoms with Crippen molar-refractivity contribution in [2.45, 2.75) is 56.3 Å². The number of benzene rings is 4. The molecule has 3 atom stereocenters. The van der Waals surface area contributed by atoms with Crippen LogP contribution in [0.2, 0.25) is 0 Å². The third kappa shape index (κ3) is 6.93. The predicted octanol–water partition coefficient (Wildman–Crippen LogP) is 5.26. The summed E-state index contributed by atoms with van der Waals surface area (Å²) >= 11 is 0. The van der Waals surface area contributed by atoms with Crippen molar-refractivity contribution in [3.63, 3.8) is 0 Å². The van der Waals surface area contributed by atoms with Crippen LogP contribution in [-0.4, -0.2) is 73.8 Å². The first kappa shape index (κ1) is 38.6. The molecule has 4 aromatic carbocycles. The second-order valence-electron chi connectivity index (χ2n) is 15.3. The molecule has 298 valence electrons. The summed E-state index contributed by atoms with van der Waals surface area (Å²) in [4.78, 5) is 45.6. The number of aliphatic hydroxyl groups is 2. The zero-order valence-electron chi connectivity index (χ0n) is 32.2. The first-order valence-corrected chi connectivity index (χ1v) is 19.6. The van der Waals surface area contributed by atoms with E-state index in [-0.39, 0.29) is 36.2 Å². The lowest BCUT2D eigenvalue weighted by Gasteiger charge is -2.39. The van der Waals surface area contributed by atoms with E-state index in [1.165, 1.54) is 23.1 Å². The number of hydrogen-bond donors (Lipinski definition) is 3. The molecule has 2 fully saturated rings. The fraction of sp³-hybridized carbons (Fsp3) is 0.318. The Bertz CT molecular complexity index is 2330. The minimum atomic E-state index is -2.08. The van der Waals surface area contributed by atoms with E-state index >= 15 is 0 Å². The molecular weight excluding hydrogens is 737 g/mol. The van der Waals surface area contributed by atoms with Crippen LogP contribution in [0, 0.1) is 16.0 Å². The first-order chi connectivity index (χ1) is 28.1. The molecule has 0 saturated carbocycles. The molecule has 4 heterocycles. The molecule has 3 N–H and O–H groups in total. The topological polar surface area (TPSA) is 170 Å². The average Bonchev–Trinajstić information content (AvgIpc) is 3.89. The number of aryl methyl sites for hydroxylation is 1. The molecule has 0 aliphatic carbocycles. The van der Waals surface area contributed by atoms with Crippen molar-refractivity contribution in [2.75, 3.05) is 41.1 Å². The van der Waals surface area contributed by atoms with E-state index in [4.69, 9.17) is 0 Å². The Morgan fingerprint density at radius 3 is 2.38 bits per heavy atom. The number of allylic oxidation sites excluding steroid dienone is 1. The van der Waals surface area contributed by atoms with Crippen LogP contribution in [0.15, 0.2) is 121 Å². The number of carbonyl (C=O) groups is 2. The molecule has 58 heavy (non-hydrogen) atoms. The molecule has 1 aromatic heterocycles. The summed E-state index contributed by atoms with van der Waals surface area (Å²) in [5, 5.41) is 46.1. The number of nitro groups is 1. The van der Waals surface area contributed by atoms with Crippen LogP contribution >= 0.6 is 0 Å². The minimum absolute atomic E-state index is 0.0330. The highest BCUT2D eigenvalue weighted by atomic mass is 16.6. The fourth-order valence-corrected chi connectivity index (χ4v) is 8.66. The molecule has 3 aliphatic rings. The summed E-state index contributed by atoms with van der Waals surface area (Å²) in [5.74, 6) is -1.62. The number of non-ortho nitro benzene ring substituents is 1. The lowest BCUT2D eigenvalue weighted by atomic mass is 9.82. The monoisotopic (exact) mass is 782 g/mol. The molecule has 1 spiro atoms. The number of rotatable bonds is 13. The van der Waals surface area contributed by atoms with Gasteiger partial charge < -0.3 is 25.3 Å². The molecular formula is C44H46N8O6. The van der Waals surface area contributed by atoms with Crippen LogP contribution in [0.3, 0.4) is 0 Å². The minimum Gasteiger partial charge on any atom is -0.395 e. The van der Waals surface area contributed by atoms with Crippen molar-refractivity contribution in [1.82, 2.24) is 20.3 Å². The van der Waals surface area contributed by atoms with Crippen LogP contribution in [0.4, 0.5) is 22.7 Å². The van der Waals surface area contributed by atoms with E-state index in [1.807, 2.05) is 95.9 Å². The number of carbonyl (C=O) groups excluding carboxylic acids is 2. The summed E-state index contributed by atoms with van der Waals surface area (Å²) in [5.41, 5.74) is 1.56. The number of aliphatic hydroxyl groups excluding tert-OH is 1. The molecule has 2 amide bonds. The summed E-state index contributed by atoms with van der Waals surface area (Å²) in [6, 6.07) is 31.2. The standard InChI is InChI=1S/C44H46N8O6/c1-31(11-8-9-24-48-28-39(46-47-48)37(29-53)33-13-4-2-5-14-33)44(56)38-26-36(52(57)58)18-19-40(38)49(42(44)55)27-32-12-10-17-35(25-32)50-30-51(34-15-6-3-7-16-34)43(41(50)54)20-22-45-23-21-43/h2-8,10-19,25-26,28,31,37,45,53,56H,9,20-24,27,29-30H2,1H3/b11-8+/t31-,37?,44+/m0/s1. The molecule has 14 heteroatoms. The van der Waals surface area contributed by atoms with Gasteiger partial charge in [0.1, 0.15) is 5.54 Å². The van der Waals surface area contributed by atoms with Crippen LogP contribution in [-0.2, 0) is 28.3 Å². The SMILES string of the molecule is C[C@@H](/C=C/CCn1cc(C(CO)c2ccccc2)nn1)[C@]1(O)C(=O)N(Cc2cccc(N3CN(c4ccccc4)C4(CCNCC4)C3=O)c2)c2ccc([N+](=O)[O-])cc21. The van der Waals surface area contributed by atoms with Gasteiger partial charge in [0.2, 0.25) is 0 Å². The van der Waals surface area contributed by atoms with Crippen LogP contribution in [0.5, 0.6) is 0 Å². The maximum atomic E-state index is 14.4. The van der Waals surface area contributed by atoms with Gasteiger partial charge >= 0.3 is 0 Å². The molecule has 14 nitrogen and oxygen atoms in total. The number of nitrogens with zero attached hydrogens (tertiary/aromatic N) is 7. The lowest BCUT2D eigenvalue weighted by molar-refractivity contribution is -0.385. The average molecular weight is 783 g/mol. The number of nitro benzene ring substituents is 1. The van der Waals surface area contributed by atoms with Crippen molar-refractivity contribution in [2.24, 2.45) is 5.92 Å². The van der Waals surface area contributed by atoms with Gasteiger partial charge in [-0.2, -0.15) is 0 Å². The fourth-order valence-electron chi connectivity index (χ4n) is 8.66. The third-order valence-corrected chi connectivity index (χ3v) is 11.9. The van der Waals surface area contributed by atoms with Crippen molar-refractivity contribution in [3.05, 3.63) is 154 Å². The van der Waals surface area contributed by atoms with Crippen LogP contribution in [0.25, 0.3) is 0 Å². The third-order valence-electron chi connectivity index (χ3n) is 11.9. The molecule has 5 aromatic rings. The van der Waals surface area contributed by atoms with Crippen LogP contribution in [0.1, 0.15) is 54.5 Å². The highest BCUT2D eigenvalue weighted by Crippen LogP contribution is 2.47. The van der Waals surface area contributed by atoms with Gasteiger partial charge in [-0.15, -0.1) is 5.10 Å². The van der Waals surface area contributed by atoms with Gasteiger partial charge in [0.05, 0.1) is 42.0 Å².